The van der Waals surface area contributed by atoms with Gasteiger partial charge >= 0.3 is 5.97 Å². The van der Waals surface area contributed by atoms with Crippen LogP contribution in [-0.2, 0) is 11.3 Å². The molecule has 1 amide bonds. The molecule has 148 valence electrons. The number of amides is 1. The summed E-state index contributed by atoms with van der Waals surface area (Å²) in [4.78, 5) is 35.6. The Morgan fingerprint density at radius 1 is 1.11 bits per heavy atom. The minimum Gasteiger partial charge on any atom is -0.481 e. The zero-order valence-electron chi connectivity index (χ0n) is 15.2. The first kappa shape index (κ1) is 20.9. The fourth-order valence-corrected chi connectivity index (χ4v) is 2.78. The number of carbonyl (C=O) groups is 2. The second-order valence-electron chi connectivity index (χ2n) is 6.33. The highest BCUT2D eigenvalue weighted by Gasteiger charge is 2.23. The van der Waals surface area contributed by atoms with Crippen LogP contribution in [0.25, 0.3) is 0 Å². The molecule has 9 heteroatoms. The largest absolute Gasteiger partial charge is 0.481 e. The Bertz CT molecular complexity index is 946. The van der Waals surface area contributed by atoms with Crippen molar-refractivity contribution in [2.24, 2.45) is 0 Å². The van der Waals surface area contributed by atoms with Crippen molar-refractivity contribution in [3.05, 3.63) is 74.3 Å². The Morgan fingerprint density at radius 3 is 2.36 bits per heavy atom. The van der Waals surface area contributed by atoms with Gasteiger partial charge in [0.05, 0.1) is 11.3 Å². The third kappa shape index (κ3) is 4.87. The Labute approximate surface area is 159 Å². The predicted octanol–water partition coefficient (Wildman–Crippen LogP) is 3.61. The van der Waals surface area contributed by atoms with Crippen LogP contribution in [0.1, 0.15) is 33.5 Å². The van der Waals surface area contributed by atoms with Crippen molar-refractivity contribution in [2.45, 2.75) is 26.8 Å². The smallest absolute Gasteiger partial charge is 0.305 e. The van der Waals surface area contributed by atoms with E-state index in [1.54, 1.807) is 13.8 Å². The van der Waals surface area contributed by atoms with Crippen molar-refractivity contribution in [3.8, 4) is 0 Å². The average Bonchev–Trinajstić information content (AvgIpc) is 2.60. The molecule has 0 aliphatic carbocycles. The van der Waals surface area contributed by atoms with Gasteiger partial charge in [-0.3, -0.25) is 19.7 Å². The van der Waals surface area contributed by atoms with Crippen LogP contribution in [0.5, 0.6) is 0 Å². The lowest BCUT2D eigenvalue weighted by Gasteiger charge is -2.23. The standard InChI is InChI=1S/C19H18F2N2O5/c1-11-7-12(2)17(23(27)28)9-14(11)19(26)22(6-5-18(24)25)10-13-3-4-15(20)16(21)8-13/h3-4,7-9H,5-6,10H2,1-2H3,(H,24,25). The topological polar surface area (TPSA) is 101 Å². The maximum Gasteiger partial charge on any atom is 0.305 e. The van der Waals surface area contributed by atoms with Gasteiger partial charge in [0.15, 0.2) is 11.6 Å². The van der Waals surface area contributed by atoms with Crippen LogP contribution >= 0.6 is 0 Å². The molecule has 0 aromatic heterocycles. The SMILES string of the molecule is Cc1cc(C)c([N+](=O)[O-])cc1C(=O)N(CCC(=O)O)Cc1ccc(F)c(F)c1. The molecule has 2 aromatic rings. The number of carboxylic acid groups (broad SMARTS) is 1. The third-order valence-corrected chi connectivity index (χ3v) is 4.21. The number of aryl methyl sites for hydroxylation is 2. The summed E-state index contributed by atoms with van der Waals surface area (Å²) in [5, 5.41) is 20.1. The van der Waals surface area contributed by atoms with Crippen LogP contribution < -0.4 is 0 Å². The maximum atomic E-state index is 13.5. The summed E-state index contributed by atoms with van der Waals surface area (Å²) in [6, 6.07) is 5.75. The molecular weight excluding hydrogens is 374 g/mol. The maximum absolute atomic E-state index is 13.5. The Kier molecular flexibility index (Phi) is 6.40. The Morgan fingerprint density at radius 2 is 1.79 bits per heavy atom. The number of nitro benzene ring substituents is 1. The molecule has 7 nitrogen and oxygen atoms in total. The number of nitrogens with zero attached hydrogens (tertiary/aromatic N) is 2. The summed E-state index contributed by atoms with van der Waals surface area (Å²) in [5.41, 5.74) is 0.942. The van der Waals surface area contributed by atoms with Crippen LogP contribution in [0.4, 0.5) is 14.5 Å². The second kappa shape index (κ2) is 8.55. The van der Waals surface area contributed by atoms with E-state index in [0.717, 1.165) is 23.1 Å². The molecule has 0 fully saturated rings. The molecule has 0 atom stereocenters. The number of hydrogen-bond donors (Lipinski definition) is 1. The van der Waals surface area contributed by atoms with Crippen molar-refractivity contribution >= 4 is 17.6 Å². The molecule has 0 saturated carbocycles. The van der Waals surface area contributed by atoms with E-state index >= 15 is 0 Å². The fourth-order valence-electron chi connectivity index (χ4n) is 2.78. The number of benzene rings is 2. The van der Waals surface area contributed by atoms with E-state index in [-0.39, 0.29) is 36.3 Å². The quantitative estimate of drug-likeness (QED) is 0.573. The Hall–Kier alpha value is -3.36. The number of halogens is 2. The van der Waals surface area contributed by atoms with E-state index in [1.807, 2.05) is 0 Å². The second-order valence-corrected chi connectivity index (χ2v) is 6.33. The van der Waals surface area contributed by atoms with Gasteiger partial charge in [-0.15, -0.1) is 0 Å². The molecule has 0 saturated heterocycles. The first-order chi connectivity index (χ1) is 13.1. The van der Waals surface area contributed by atoms with E-state index in [9.17, 15) is 28.5 Å². The molecular formula is C19H18F2N2O5. The van der Waals surface area contributed by atoms with E-state index in [0.29, 0.717) is 11.1 Å². The number of rotatable bonds is 7. The third-order valence-electron chi connectivity index (χ3n) is 4.21. The van der Waals surface area contributed by atoms with Gasteiger partial charge in [-0.25, -0.2) is 8.78 Å². The highest BCUT2D eigenvalue weighted by Crippen LogP contribution is 2.24. The first-order valence-corrected chi connectivity index (χ1v) is 8.30. The minimum absolute atomic E-state index is 0.0465. The number of aliphatic carboxylic acids is 1. The molecule has 28 heavy (non-hydrogen) atoms. The van der Waals surface area contributed by atoms with E-state index in [4.69, 9.17) is 5.11 Å². The molecule has 1 N–H and O–H groups in total. The number of carboxylic acids is 1. The summed E-state index contributed by atoms with van der Waals surface area (Å²) < 4.78 is 26.6. The summed E-state index contributed by atoms with van der Waals surface area (Å²) in [6.07, 6.45) is -0.373. The lowest BCUT2D eigenvalue weighted by Crippen LogP contribution is -2.33. The molecule has 2 aromatic carbocycles. The molecule has 0 unspecified atom stereocenters. The van der Waals surface area contributed by atoms with E-state index in [1.165, 1.54) is 12.1 Å². The highest BCUT2D eigenvalue weighted by molar-refractivity contribution is 5.96. The van der Waals surface area contributed by atoms with Crippen molar-refractivity contribution in [3.63, 3.8) is 0 Å². The van der Waals surface area contributed by atoms with Crippen LogP contribution in [0.3, 0.4) is 0 Å². The summed E-state index contributed by atoms with van der Waals surface area (Å²) >= 11 is 0. The Balaban J connectivity index is 2.40. The normalized spacial score (nSPS) is 10.6. The number of nitro groups is 1. The molecule has 0 aliphatic rings. The lowest BCUT2D eigenvalue weighted by atomic mass is 10.0. The van der Waals surface area contributed by atoms with Crippen molar-refractivity contribution in [2.75, 3.05) is 6.54 Å². The molecule has 0 spiro atoms. The van der Waals surface area contributed by atoms with Crippen LogP contribution in [-0.4, -0.2) is 33.4 Å². The van der Waals surface area contributed by atoms with E-state index < -0.39 is 28.4 Å². The lowest BCUT2D eigenvalue weighted by molar-refractivity contribution is -0.385. The fraction of sp³-hybridized carbons (Fsp3) is 0.263. The van der Waals surface area contributed by atoms with Crippen LogP contribution in [0, 0.1) is 35.6 Å². The highest BCUT2D eigenvalue weighted by atomic mass is 19.2. The van der Waals surface area contributed by atoms with Crippen LogP contribution in [0.2, 0.25) is 0 Å². The minimum atomic E-state index is -1.14. The van der Waals surface area contributed by atoms with E-state index in [2.05, 4.69) is 0 Å². The first-order valence-electron chi connectivity index (χ1n) is 8.30. The molecule has 0 radical (unpaired) electrons. The summed E-state index contributed by atoms with van der Waals surface area (Å²) in [5.74, 6) is -3.91. The molecule has 2 rings (SSSR count). The van der Waals surface area contributed by atoms with Gasteiger partial charge in [0, 0.05) is 30.3 Å². The van der Waals surface area contributed by atoms with Gasteiger partial charge < -0.3 is 10.0 Å². The zero-order valence-corrected chi connectivity index (χ0v) is 15.2. The van der Waals surface area contributed by atoms with Crippen molar-refractivity contribution in [1.82, 2.24) is 4.90 Å². The van der Waals surface area contributed by atoms with Gasteiger partial charge in [-0.2, -0.15) is 0 Å². The van der Waals surface area contributed by atoms with Crippen molar-refractivity contribution < 1.29 is 28.4 Å². The average molecular weight is 392 g/mol. The van der Waals surface area contributed by atoms with Crippen molar-refractivity contribution in [1.29, 1.82) is 0 Å². The monoisotopic (exact) mass is 392 g/mol. The van der Waals surface area contributed by atoms with Gasteiger partial charge in [-0.1, -0.05) is 6.07 Å². The molecule has 0 bridgehead atoms. The summed E-state index contributed by atoms with van der Waals surface area (Å²) in [7, 11) is 0. The summed E-state index contributed by atoms with van der Waals surface area (Å²) in [6.45, 7) is 2.78. The van der Waals surface area contributed by atoms with Gasteiger partial charge in [0.25, 0.3) is 11.6 Å². The number of carbonyl (C=O) groups excluding carboxylic acids is 1. The number of hydrogen-bond acceptors (Lipinski definition) is 4. The molecule has 0 aliphatic heterocycles. The predicted molar refractivity (Wildman–Crippen MR) is 95.9 cm³/mol. The molecule has 0 heterocycles. The van der Waals surface area contributed by atoms with Gasteiger partial charge in [-0.05, 0) is 43.2 Å². The van der Waals surface area contributed by atoms with Crippen LogP contribution in [0.15, 0.2) is 30.3 Å². The zero-order chi connectivity index (χ0) is 21.0. The van der Waals surface area contributed by atoms with Gasteiger partial charge in [0.2, 0.25) is 0 Å². The van der Waals surface area contributed by atoms with Gasteiger partial charge in [0.1, 0.15) is 0 Å².